The van der Waals surface area contributed by atoms with Gasteiger partial charge in [0, 0.05) is 12.1 Å². The number of nitrogens with zero attached hydrogens (tertiary/aromatic N) is 1. The second kappa shape index (κ2) is 5.25. The molecule has 116 valence electrons. The fourth-order valence-corrected chi connectivity index (χ4v) is 3.36. The Morgan fingerprint density at radius 1 is 1.14 bits per heavy atom. The number of halogens is 4. The van der Waals surface area contributed by atoms with Crippen LogP contribution in [0.5, 0.6) is 0 Å². The van der Waals surface area contributed by atoms with Crippen molar-refractivity contribution in [3.05, 3.63) is 35.1 Å². The van der Waals surface area contributed by atoms with Gasteiger partial charge in [-0.15, -0.1) is 0 Å². The Balaban J connectivity index is 1.98. The SMILES string of the molecule is NCC1CCN(C2CC2)C1c1cc(F)cc(C(F)(F)F)c1. The van der Waals surface area contributed by atoms with Crippen LogP contribution in [0.3, 0.4) is 0 Å². The van der Waals surface area contributed by atoms with Crippen molar-refractivity contribution in [1.82, 2.24) is 4.90 Å². The summed E-state index contributed by atoms with van der Waals surface area (Å²) in [6.45, 7) is 1.24. The Bertz CT molecular complexity index is 525. The maximum Gasteiger partial charge on any atom is 0.416 e. The topological polar surface area (TPSA) is 29.3 Å². The number of nitrogens with two attached hydrogens (primary N) is 1. The van der Waals surface area contributed by atoms with Gasteiger partial charge in [-0.25, -0.2) is 4.39 Å². The van der Waals surface area contributed by atoms with Crippen LogP contribution in [0.25, 0.3) is 0 Å². The number of rotatable bonds is 3. The molecule has 1 aromatic carbocycles. The van der Waals surface area contributed by atoms with E-state index in [2.05, 4.69) is 4.90 Å². The summed E-state index contributed by atoms with van der Waals surface area (Å²) in [6.07, 6.45) is -1.54. The summed E-state index contributed by atoms with van der Waals surface area (Å²) in [5, 5.41) is 0. The van der Waals surface area contributed by atoms with Crippen molar-refractivity contribution in [3.8, 4) is 0 Å². The molecule has 0 radical (unpaired) electrons. The molecule has 2 atom stereocenters. The largest absolute Gasteiger partial charge is 0.416 e. The highest BCUT2D eigenvalue weighted by atomic mass is 19.4. The summed E-state index contributed by atoms with van der Waals surface area (Å²) in [5.74, 6) is -0.744. The molecule has 21 heavy (non-hydrogen) atoms. The Hall–Kier alpha value is -1.14. The first-order valence-electron chi connectivity index (χ1n) is 7.23. The number of likely N-dealkylation sites (tertiary alicyclic amines) is 1. The molecule has 2 N–H and O–H groups in total. The molecule has 1 saturated carbocycles. The highest BCUT2D eigenvalue weighted by Gasteiger charge is 2.43. The standard InChI is InChI=1S/C15H18F4N2/c16-12-6-10(5-11(7-12)15(17,18)19)14-9(8-20)3-4-21(14)13-1-2-13/h5-7,9,13-14H,1-4,8,20H2. The molecule has 1 aliphatic carbocycles. The van der Waals surface area contributed by atoms with Crippen LogP contribution in [0.4, 0.5) is 17.6 Å². The lowest BCUT2D eigenvalue weighted by Crippen LogP contribution is -2.30. The van der Waals surface area contributed by atoms with E-state index < -0.39 is 17.6 Å². The Morgan fingerprint density at radius 2 is 1.86 bits per heavy atom. The van der Waals surface area contributed by atoms with E-state index in [1.54, 1.807) is 0 Å². The predicted molar refractivity (Wildman–Crippen MR) is 71.0 cm³/mol. The summed E-state index contributed by atoms with van der Waals surface area (Å²) in [4.78, 5) is 2.20. The van der Waals surface area contributed by atoms with Crippen LogP contribution in [0.2, 0.25) is 0 Å². The Morgan fingerprint density at radius 3 is 2.43 bits per heavy atom. The van der Waals surface area contributed by atoms with Crippen LogP contribution in [0, 0.1) is 11.7 Å². The van der Waals surface area contributed by atoms with Gasteiger partial charge < -0.3 is 5.73 Å². The molecule has 2 unspecified atom stereocenters. The number of hydrogen-bond donors (Lipinski definition) is 1. The van der Waals surface area contributed by atoms with Gasteiger partial charge in [0.05, 0.1) is 5.56 Å². The van der Waals surface area contributed by atoms with Crippen molar-refractivity contribution in [1.29, 1.82) is 0 Å². The van der Waals surface area contributed by atoms with Crippen LogP contribution in [-0.2, 0) is 6.18 Å². The van der Waals surface area contributed by atoms with Gasteiger partial charge in [-0.2, -0.15) is 13.2 Å². The van der Waals surface area contributed by atoms with Crippen LogP contribution < -0.4 is 5.73 Å². The summed E-state index contributed by atoms with van der Waals surface area (Å²) >= 11 is 0. The first-order chi connectivity index (χ1) is 9.90. The zero-order valence-electron chi connectivity index (χ0n) is 11.5. The molecule has 2 fully saturated rings. The fourth-order valence-electron chi connectivity index (χ4n) is 3.36. The van der Waals surface area contributed by atoms with Crippen LogP contribution >= 0.6 is 0 Å². The van der Waals surface area contributed by atoms with Crippen LogP contribution in [-0.4, -0.2) is 24.0 Å². The van der Waals surface area contributed by atoms with E-state index in [4.69, 9.17) is 5.73 Å². The van der Waals surface area contributed by atoms with Crippen LogP contribution in [0.15, 0.2) is 18.2 Å². The van der Waals surface area contributed by atoms with E-state index >= 15 is 0 Å². The molecule has 0 amide bonds. The minimum atomic E-state index is -4.53. The quantitative estimate of drug-likeness (QED) is 0.868. The van der Waals surface area contributed by atoms with Gasteiger partial charge in [0.1, 0.15) is 5.82 Å². The molecule has 2 nitrogen and oxygen atoms in total. The zero-order chi connectivity index (χ0) is 15.2. The van der Waals surface area contributed by atoms with E-state index in [1.807, 2.05) is 0 Å². The molecule has 2 aliphatic rings. The van der Waals surface area contributed by atoms with Gasteiger partial charge in [0.2, 0.25) is 0 Å². The Kier molecular flexibility index (Phi) is 3.69. The minimum Gasteiger partial charge on any atom is -0.330 e. The highest BCUT2D eigenvalue weighted by molar-refractivity contribution is 5.30. The van der Waals surface area contributed by atoms with E-state index in [9.17, 15) is 17.6 Å². The predicted octanol–water partition coefficient (Wildman–Crippen LogP) is 3.33. The summed E-state index contributed by atoms with van der Waals surface area (Å²) in [7, 11) is 0. The first kappa shape index (κ1) is 14.8. The third kappa shape index (κ3) is 2.92. The maximum atomic E-state index is 13.6. The van der Waals surface area contributed by atoms with Gasteiger partial charge >= 0.3 is 6.18 Å². The summed E-state index contributed by atoms with van der Waals surface area (Å²) in [5.41, 5.74) is 5.25. The van der Waals surface area contributed by atoms with E-state index in [0.717, 1.165) is 31.9 Å². The van der Waals surface area contributed by atoms with Gasteiger partial charge in [0.15, 0.2) is 0 Å². The van der Waals surface area contributed by atoms with E-state index in [-0.39, 0.29) is 12.0 Å². The molecule has 1 aromatic rings. The van der Waals surface area contributed by atoms with Crippen molar-refractivity contribution in [2.24, 2.45) is 11.7 Å². The second-order valence-corrected chi connectivity index (χ2v) is 5.97. The molecule has 0 bridgehead atoms. The molecule has 1 aliphatic heterocycles. The van der Waals surface area contributed by atoms with Crippen molar-refractivity contribution < 1.29 is 17.6 Å². The molecule has 0 aromatic heterocycles. The van der Waals surface area contributed by atoms with E-state index in [0.29, 0.717) is 24.2 Å². The zero-order valence-corrected chi connectivity index (χ0v) is 11.5. The van der Waals surface area contributed by atoms with Gasteiger partial charge in [0.25, 0.3) is 0 Å². The molecular formula is C15H18F4N2. The van der Waals surface area contributed by atoms with Crippen LogP contribution in [0.1, 0.15) is 36.4 Å². The number of benzene rings is 1. The second-order valence-electron chi connectivity index (χ2n) is 5.97. The lowest BCUT2D eigenvalue weighted by molar-refractivity contribution is -0.137. The summed E-state index contributed by atoms with van der Waals surface area (Å²) in [6, 6.07) is 3.08. The molecule has 3 rings (SSSR count). The molecule has 1 saturated heterocycles. The van der Waals surface area contributed by atoms with Crippen molar-refractivity contribution in [2.75, 3.05) is 13.1 Å². The average molecular weight is 302 g/mol. The van der Waals surface area contributed by atoms with Crippen molar-refractivity contribution in [2.45, 2.75) is 37.5 Å². The third-order valence-corrected chi connectivity index (χ3v) is 4.47. The van der Waals surface area contributed by atoms with Gasteiger partial charge in [-0.1, -0.05) is 0 Å². The fraction of sp³-hybridized carbons (Fsp3) is 0.600. The normalized spacial score (nSPS) is 27.3. The van der Waals surface area contributed by atoms with Crippen molar-refractivity contribution >= 4 is 0 Å². The highest BCUT2D eigenvalue weighted by Crippen LogP contribution is 2.44. The molecular weight excluding hydrogens is 284 g/mol. The van der Waals surface area contributed by atoms with E-state index in [1.165, 1.54) is 6.07 Å². The minimum absolute atomic E-state index is 0.0912. The molecule has 0 spiro atoms. The number of alkyl halides is 3. The average Bonchev–Trinajstić information content (AvgIpc) is 3.16. The first-order valence-corrected chi connectivity index (χ1v) is 7.23. The molecule has 6 heteroatoms. The third-order valence-electron chi connectivity index (χ3n) is 4.47. The smallest absolute Gasteiger partial charge is 0.330 e. The monoisotopic (exact) mass is 302 g/mol. The summed E-state index contributed by atoms with van der Waals surface area (Å²) < 4.78 is 52.3. The lowest BCUT2D eigenvalue weighted by Gasteiger charge is -2.28. The van der Waals surface area contributed by atoms with Crippen molar-refractivity contribution in [3.63, 3.8) is 0 Å². The Labute approximate surface area is 120 Å². The lowest BCUT2D eigenvalue weighted by atomic mass is 9.92. The molecule has 1 heterocycles. The maximum absolute atomic E-state index is 13.6. The van der Waals surface area contributed by atoms with Gasteiger partial charge in [-0.3, -0.25) is 4.90 Å². The number of hydrogen-bond acceptors (Lipinski definition) is 2. The van der Waals surface area contributed by atoms with Gasteiger partial charge in [-0.05, 0) is 62.0 Å².